The first-order chi connectivity index (χ1) is 27.7. The maximum Gasteiger partial charge on any atom is 0.160 e. The number of fused-ring (bicyclic) bond motifs is 10. The van der Waals surface area contributed by atoms with Crippen molar-refractivity contribution in [2.45, 2.75) is 6.17 Å². The minimum absolute atomic E-state index is 0.375. The second-order valence-corrected chi connectivity index (χ2v) is 14.6. The van der Waals surface area contributed by atoms with Gasteiger partial charge < -0.3 is 14.3 Å². The van der Waals surface area contributed by atoms with E-state index in [1.54, 1.807) is 0 Å². The molecule has 5 heteroatoms. The Labute approximate surface area is 321 Å². The van der Waals surface area contributed by atoms with Gasteiger partial charge in [-0.2, -0.15) is 0 Å². The summed E-state index contributed by atoms with van der Waals surface area (Å²) in [5.74, 6) is 1.43. The maximum atomic E-state index is 6.71. The van der Waals surface area contributed by atoms with Crippen molar-refractivity contribution in [2.24, 2.45) is 9.98 Å². The predicted octanol–water partition coefficient (Wildman–Crippen LogP) is 12.6. The van der Waals surface area contributed by atoms with Crippen molar-refractivity contribution in [1.29, 1.82) is 0 Å². The third kappa shape index (κ3) is 4.67. The van der Waals surface area contributed by atoms with Gasteiger partial charge in [0.2, 0.25) is 0 Å². The van der Waals surface area contributed by atoms with Gasteiger partial charge in [-0.3, -0.25) is 0 Å². The van der Waals surface area contributed by atoms with Crippen LogP contribution in [0.1, 0.15) is 22.9 Å². The number of furan rings is 1. The molecular weight excluding hydrogens is 685 g/mol. The average Bonchev–Trinajstić information content (AvgIpc) is 3.80. The molecule has 0 bridgehead atoms. The Morgan fingerprint density at radius 1 is 0.464 bits per heavy atom. The summed E-state index contributed by atoms with van der Waals surface area (Å²) in [4.78, 5) is 10.9. The van der Waals surface area contributed by atoms with Gasteiger partial charge in [-0.25, -0.2) is 9.98 Å². The highest BCUT2D eigenvalue weighted by Crippen LogP contribution is 2.40. The Kier molecular flexibility index (Phi) is 6.63. The van der Waals surface area contributed by atoms with E-state index in [1.807, 2.05) is 18.2 Å². The Morgan fingerprint density at radius 2 is 1.12 bits per heavy atom. The van der Waals surface area contributed by atoms with Gasteiger partial charge in [0, 0.05) is 38.7 Å². The van der Waals surface area contributed by atoms with Crippen LogP contribution in [0.4, 0.5) is 0 Å². The zero-order chi connectivity index (χ0) is 36.7. The average molecular weight is 717 g/mol. The lowest BCUT2D eigenvalue weighted by Crippen LogP contribution is -2.33. The number of aromatic nitrogens is 1. The number of para-hydroxylation sites is 2. The molecule has 0 fully saturated rings. The normalized spacial score (nSPS) is 14.6. The van der Waals surface area contributed by atoms with E-state index in [0.717, 1.165) is 72.0 Å². The zero-order valence-electron chi connectivity index (χ0n) is 30.1. The monoisotopic (exact) mass is 716 g/mol. The molecule has 1 aliphatic rings. The van der Waals surface area contributed by atoms with E-state index in [0.29, 0.717) is 5.84 Å². The number of benzene rings is 9. The molecule has 5 nitrogen and oxygen atoms in total. The zero-order valence-corrected chi connectivity index (χ0v) is 30.1. The first-order valence-electron chi connectivity index (χ1n) is 19.0. The highest BCUT2D eigenvalue weighted by atomic mass is 16.3. The number of nitrogens with one attached hydrogen (secondary N) is 1. The van der Waals surface area contributed by atoms with Crippen LogP contribution >= 0.6 is 0 Å². The molecule has 0 amide bonds. The number of hydrogen-bond acceptors (Lipinski definition) is 4. The summed E-state index contributed by atoms with van der Waals surface area (Å²) in [5, 5.41) is 15.3. The summed E-state index contributed by atoms with van der Waals surface area (Å²) >= 11 is 0. The van der Waals surface area contributed by atoms with Gasteiger partial charge in [-0.15, -0.1) is 0 Å². The highest BCUT2D eigenvalue weighted by Gasteiger charge is 2.26. The summed E-state index contributed by atoms with van der Waals surface area (Å²) in [6.45, 7) is 0. The van der Waals surface area contributed by atoms with Crippen molar-refractivity contribution >= 4 is 87.7 Å². The fourth-order valence-electron chi connectivity index (χ4n) is 8.84. The lowest BCUT2D eigenvalue weighted by Gasteiger charge is -2.25. The van der Waals surface area contributed by atoms with Crippen molar-refractivity contribution in [3.8, 4) is 5.69 Å². The molecule has 2 aromatic heterocycles. The molecule has 1 N–H and O–H groups in total. The summed E-state index contributed by atoms with van der Waals surface area (Å²) in [6, 6.07) is 64.4. The Hall–Kier alpha value is -7.50. The SMILES string of the molecule is c1ccc(C2N=C(c3cc(-n4c5ccccc5c5cc6ccccc6cc54)cc4oc5ccccc5c34)N=C(c3cc4ccccc4c4ccccc34)N2)cc1. The van der Waals surface area contributed by atoms with E-state index in [9.17, 15) is 0 Å². The highest BCUT2D eigenvalue weighted by molar-refractivity contribution is 6.26. The molecule has 262 valence electrons. The van der Waals surface area contributed by atoms with Crippen LogP contribution in [0.3, 0.4) is 0 Å². The van der Waals surface area contributed by atoms with Crippen LogP contribution in [-0.4, -0.2) is 16.2 Å². The minimum atomic E-state index is -0.375. The third-order valence-corrected chi connectivity index (χ3v) is 11.4. The van der Waals surface area contributed by atoms with E-state index < -0.39 is 0 Å². The van der Waals surface area contributed by atoms with E-state index in [2.05, 4.69) is 174 Å². The molecule has 0 aliphatic carbocycles. The summed E-state index contributed by atoms with van der Waals surface area (Å²) < 4.78 is 9.08. The summed E-state index contributed by atoms with van der Waals surface area (Å²) in [5.41, 5.74) is 7.86. The van der Waals surface area contributed by atoms with Gasteiger partial charge in [0.1, 0.15) is 23.2 Å². The first-order valence-corrected chi connectivity index (χ1v) is 19.0. The van der Waals surface area contributed by atoms with E-state index in [-0.39, 0.29) is 6.17 Å². The third-order valence-electron chi connectivity index (χ3n) is 11.4. The van der Waals surface area contributed by atoms with Crippen LogP contribution < -0.4 is 5.32 Å². The van der Waals surface area contributed by atoms with E-state index in [4.69, 9.17) is 14.4 Å². The number of rotatable bonds is 4. The molecule has 1 atom stereocenters. The van der Waals surface area contributed by atoms with Crippen molar-refractivity contribution in [2.75, 3.05) is 0 Å². The molecule has 56 heavy (non-hydrogen) atoms. The summed E-state index contributed by atoms with van der Waals surface area (Å²) in [7, 11) is 0. The molecule has 1 unspecified atom stereocenters. The molecule has 1 aliphatic heterocycles. The number of amidine groups is 2. The van der Waals surface area contributed by atoms with Gasteiger partial charge >= 0.3 is 0 Å². The smallest absolute Gasteiger partial charge is 0.160 e. The standard InChI is InChI=1S/C51H32N4O/c1-2-14-31(15-3-1)49-52-50(42-27-34-18-6-7-19-36(34)37-20-8-9-21-38(37)42)54-51(53-49)43-29-35(30-47-48(43)40-23-11-13-25-46(40)56-47)55-44-24-12-10-22-39(44)41-26-32-16-4-5-17-33(32)28-45(41)55/h1-30,49H,(H,52,53,54). The molecule has 0 saturated carbocycles. The van der Waals surface area contributed by atoms with Crippen LogP contribution in [0.15, 0.2) is 196 Å². The Morgan fingerprint density at radius 3 is 1.96 bits per heavy atom. The first kappa shape index (κ1) is 30.9. The largest absolute Gasteiger partial charge is 0.456 e. The topological polar surface area (TPSA) is 54.8 Å². The minimum Gasteiger partial charge on any atom is -0.456 e. The maximum absolute atomic E-state index is 6.71. The van der Waals surface area contributed by atoms with Crippen LogP contribution in [0, 0.1) is 0 Å². The van der Waals surface area contributed by atoms with Crippen molar-refractivity contribution < 1.29 is 4.42 Å². The molecule has 0 saturated heterocycles. The molecule has 3 heterocycles. The number of nitrogens with zero attached hydrogens (tertiary/aromatic N) is 3. The quantitative estimate of drug-likeness (QED) is 0.184. The van der Waals surface area contributed by atoms with Crippen molar-refractivity contribution in [1.82, 2.24) is 9.88 Å². The van der Waals surface area contributed by atoms with Crippen LogP contribution in [0.25, 0.3) is 81.7 Å². The Balaban J connectivity index is 1.17. The van der Waals surface area contributed by atoms with E-state index >= 15 is 0 Å². The molecule has 12 rings (SSSR count). The van der Waals surface area contributed by atoms with Gasteiger partial charge in [0.25, 0.3) is 0 Å². The lowest BCUT2D eigenvalue weighted by atomic mass is 9.96. The van der Waals surface area contributed by atoms with Gasteiger partial charge in [0.05, 0.1) is 16.7 Å². The van der Waals surface area contributed by atoms with Gasteiger partial charge in [-0.1, -0.05) is 140 Å². The van der Waals surface area contributed by atoms with Crippen molar-refractivity contribution in [3.05, 3.63) is 199 Å². The molecule has 0 spiro atoms. The predicted molar refractivity (Wildman–Crippen MR) is 232 cm³/mol. The van der Waals surface area contributed by atoms with Crippen LogP contribution in [0.2, 0.25) is 0 Å². The van der Waals surface area contributed by atoms with E-state index in [1.165, 1.54) is 32.3 Å². The second-order valence-electron chi connectivity index (χ2n) is 14.6. The second kappa shape index (κ2) is 12.0. The fourth-order valence-corrected chi connectivity index (χ4v) is 8.84. The number of aliphatic imine (C=N–C) groups is 2. The van der Waals surface area contributed by atoms with Gasteiger partial charge in [0.15, 0.2) is 5.84 Å². The molecular formula is C51H32N4O. The Bertz CT molecular complexity index is 3460. The van der Waals surface area contributed by atoms with Crippen LogP contribution in [0.5, 0.6) is 0 Å². The molecule has 9 aromatic carbocycles. The molecule has 11 aromatic rings. The lowest BCUT2D eigenvalue weighted by molar-refractivity contribution is 0.668. The fraction of sp³-hybridized carbons (Fsp3) is 0.0196. The van der Waals surface area contributed by atoms with Gasteiger partial charge in [-0.05, 0) is 74.3 Å². The molecule has 0 radical (unpaired) electrons. The number of hydrogen-bond donors (Lipinski definition) is 1. The van der Waals surface area contributed by atoms with Crippen LogP contribution in [-0.2, 0) is 0 Å². The summed E-state index contributed by atoms with van der Waals surface area (Å²) in [6.07, 6.45) is -0.375. The van der Waals surface area contributed by atoms with Crippen molar-refractivity contribution in [3.63, 3.8) is 0 Å².